The summed E-state index contributed by atoms with van der Waals surface area (Å²) < 4.78 is 0. The maximum absolute atomic E-state index is 9.50. The van der Waals surface area contributed by atoms with Crippen LogP contribution in [-0.4, -0.2) is 23.2 Å². The molecule has 114 valence electrons. The third kappa shape index (κ3) is 3.73. The summed E-state index contributed by atoms with van der Waals surface area (Å²) in [5.74, 6) is 2.20. The van der Waals surface area contributed by atoms with Gasteiger partial charge in [0.15, 0.2) is 0 Å². The van der Waals surface area contributed by atoms with Gasteiger partial charge >= 0.3 is 0 Å². The van der Waals surface area contributed by atoms with Gasteiger partial charge in [0.2, 0.25) is 0 Å². The van der Waals surface area contributed by atoms with E-state index in [0.29, 0.717) is 11.8 Å². The van der Waals surface area contributed by atoms with Crippen molar-refractivity contribution in [2.75, 3.05) is 18.0 Å². The van der Waals surface area contributed by atoms with E-state index in [-0.39, 0.29) is 6.61 Å². The molecule has 0 saturated carbocycles. The lowest BCUT2D eigenvalue weighted by molar-refractivity contribution is 0.283. The second-order valence-corrected chi connectivity index (χ2v) is 6.50. The average molecular weight is 286 g/mol. The Balaban J connectivity index is 2.52. The lowest BCUT2D eigenvalue weighted by Crippen LogP contribution is -2.32. The van der Waals surface area contributed by atoms with Crippen molar-refractivity contribution in [3.63, 3.8) is 0 Å². The molecule has 0 aliphatic carbocycles. The Bertz CT molecular complexity index is 583. The van der Waals surface area contributed by atoms with E-state index in [9.17, 15) is 5.11 Å². The Kier molecular flexibility index (Phi) is 5.18. The molecule has 1 heterocycles. The summed E-state index contributed by atoms with van der Waals surface area (Å²) in [6.45, 7) is 11.0. The molecule has 1 aromatic carbocycles. The van der Waals surface area contributed by atoms with Crippen LogP contribution in [0.15, 0.2) is 30.5 Å². The van der Waals surface area contributed by atoms with E-state index >= 15 is 0 Å². The van der Waals surface area contributed by atoms with Crippen LogP contribution in [0.25, 0.3) is 10.8 Å². The molecule has 0 saturated heterocycles. The van der Waals surface area contributed by atoms with Crippen molar-refractivity contribution in [3.05, 3.63) is 36.0 Å². The van der Waals surface area contributed by atoms with Crippen LogP contribution in [0.4, 0.5) is 5.82 Å². The van der Waals surface area contributed by atoms with Gasteiger partial charge in [-0.2, -0.15) is 0 Å². The number of aliphatic hydroxyl groups excluding tert-OH is 1. The minimum absolute atomic E-state index is 0.0299. The van der Waals surface area contributed by atoms with Crippen LogP contribution in [0.2, 0.25) is 0 Å². The molecule has 0 aliphatic heterocycles. The zero-order valence-electron chi connectivity index (χ0n) is 13.5. The van der Waals surface area contributed by atoms with Gasteiger partial charge in [0.25, 0.3) is 0 Å². The number of rotatable bonds is 6. The Labute approximate surface area is 127 Å². The maximum atomic E-state index is 9.50. The molecule has 2 aromatic rings. The zero-order chi connectivity index (χ0) is 15.4. The van der Waals surface area contributed by atoms with Crippen LogP contribution in [0.1, 0.15) is 33.3 Å². The Morgan fingerprint density at radius 3 is 2.10 bits per heavy atom. The lowest BCUT2D eigenvalue weighted by atomic mass is 10.1. The fraction of sp³-hybridized carbons (Fsp3) is 0.500. The number of hydrogen-bond donors (Lipinski definition) is 1. The lowest BCUT2D eigenvalue weighted by Gasteiger charge is -2.28. The van der Waals surface area contributed by atoms with Crippen LogP contribution >= 0.6 is 0 Å². The van der Waals surface area contributed by atoms with Crippen molar-refractivity contribution >= 4 is 16.6 Å². The summed E-state index contributed by atoms with van der Waals surface area (Å²) in [7, 11) is 0. The minimum Gasteiger partial charge on any atom is -0.392 e. The Morgan fingerprint density at radius 1 is 1.00 bits per heavy atom. The summed E-state index contributed by atoms with van der Waals surface area (Å²) in [5, 5.41) is 11.7. The second kappa shape index (κ2) is 6.90. The first kappa shape index (κ1) is 15.8. The highest BCUT2D eigenvalue weighted by molar-refractivity contribution is 5.94. The number of aliphatic hydroxyl groups is 1. The number of fused-ring (bicyclic) bond motifs is 1. The highest BCUT2D eigenvalue weighted by Gasteiger charge is 2.15. The van der Waals surface area contributed by atoms with E-state index in [0.717, 1.165) is 35.2 Å². The molecule has 0 radical (unpaired) electrons. The first-order valence-corrected chi connectivity index (χ1v) is 7.75. The quantitative estimate of drug-likeness (QED) is 0.876. The van der Waals surface area contributed by atoms with Gasteiger partial charge in [0, 0.05) is 30.2 Å². The van der Waals surface area contributed by atoms with Gasteiger partial charge in [-0.15, -0.1) is 0 Å². The van der Waals surface area contributed by atoms with E-state index < -0.39 is 0 Å². The van der Waals surface area contributed by atoms with Crippen LogP contribution in [-0.2, 0) is 6.61 Å². The van der Waals surface area contributed by atoms with Crippen molar-refractivity contribution in [1.29, 1.82) is 0 Å². The normalized spacial score (nSPS) is 11.6. The molecule has 1 aromatic heterocycles. The molecule has 0 bridgehead atoms. The number of aromatic nitrogens is 1. The third-order valence-corrected chi connectivity index (χ3v) is 3.50. The second-order valence-electron chi connectivity index (χ2n) is 6.50. The predicted octanol–water partition coefficient (Wildman–Crippen LogP) is 3.85. The summed E-state index contributed by atoms with van der Waals surface area (Å²) in [5.41, 5.74) is 0.892. The molecule has 0 fully saturated rings. The smallest absolute Gasteiger partial charge is 0.136 e. The Hall–Kier alpha value is -1.61. The number of benzene rings is 1. The highest BCUT2D eigenvalue weighted by atomic mass is 16.3. The largest absolute Gasteiger partial charge is 0.392 e. The summed E-state index contributed by atoms with van der Waals surface area (Å²) in [6.07, 6.45) is 1.81. The van der Waals surface area contributed by atoms with Crippen LogP contribution < -0.4 is 4.90 Å². The van der Waals surface area contributed by atoms with E-state index in [2.05, 4.69) is 49.7 Å². The molecule has 3 heteroatoms. The van der Waals surface area contributed by atoms with Crippen molar-refractivity contribution in [1.82, 2.24) is 4.98 Å². The van der Waals surface area contributed by atoms with Gasteiger partial charge in [-0.05, 0) is 17.2 Å². The number of hydrogen-bond acceptors (Lipinski definition) is 3. The third-order valence-electron chi connectivity index (χ3n) is 3.50. The average Bonchev–Trinajstić information content (AvgIpc) is 2.44. The van der Waals surface area contributed by atoms with Crippen LogP contribution in [0.3, 0.4) is 0 Å². The molecule has 3 nitrogen and oxygen atoms in total. The SMILES string of the molecule is CC(C)CN(CC(C)C)c1ncc(CO)c2ccccc12. The predicted molar refractivity (Wildman–Crippen MR) is 89.6 cm³/mol. The number of anilines is 1. The topological polar surface area (TPSA) is 36.4 Å². The summed E-state index contributed by atoms with van der Waals surface area (Å²) >= 11 is 0. The van der Waals surface area contributed by atoms with Crippen molar-refractivity contribution in [2.24, 2.45) is 11.8 Å². The molecule has 0 aliphatic rings. The molecule has 0 atom stereocenters. The number of nitrogens with zero attached hydrogens (tertiary/aromatic N) is 2. The van der Waals surface area contributed by atoms with E-state index in [1.165, 1.54) is 0 Å². The molecule has 2 rings (SSSR count). The first-order chi connectivity index (χ1) is 10.0. The number of pyridine rings is 1. The van der Waals surface area contributed by atoms with Gasteiger partial charge in [-0.25, -0.2) is 4.98 Å². The molecular weight excluding hydrogens is 260 g/mol. The van der Waals surface area contributed by atoms with Crippen molar-refractivity contribution < 1.29 is 5.11 Å². The fourth-order valence-electron chi connectivity index (χ4n) is 2.74. The highest BCUT2D eigenvalue weighted by Crippen LogP contribution is 2.28. The standard InChI is InChI=1S/C18H26N2O/c1-13(2)10-20(11-14(3)4)18-17-8-6-5-7-16(17)15(12-21)9-19-18/h5-9,13-14,21H,10-12H2,1-4H3. The molecule has 0 amide bonds. The van der Waals surface area contributed by atoms with Crippen molar-refractivity contribution in [2.45, 2.75) is 34.3 Å². The minimum atomic E-state index is 0.0299. The zero-order valence-corrected chi connectivity index (χ0v) is 13.5. The van der Waals surface area contributed by atoms with Gasteiger partial charge < -0.3 is 10.0 Å². The molecule has 21 heavy (non-hydrogen) atoms. The van der Waals surface area contributed by atoms with Crippen molar-refractivity contribution in [3.8, 4) is 0 Å². The Morgan fingerprint density at radius 2 is 1.57 bits per heavy atom. The first-order valence-electron chi connectivity index (χ1n) is 7.75. The summed E-state index contributed by atoms with van der Waals surface area (Å²) in [4.78, 5) is 7.02. The van der Waals surface area contributed by atoms with Gasteiger partial charge in [-0.1, -0.05) is 52.0 Å². The van der Waals surface area contributed by atoms with Crippen LogP contribution in [0.5, 0.6) is 0 Å². The van der Waals surface area contributed by atoms with Gasteiger partial charge in [0.1, 0.15) is 5.82 Å². The monoisotopic (exact) mass is 286 g/mol. The van der Waals surface area contributed by atoms with Gasteiger partial charge in [0.05, 0.1) is 6.61 Å². The molecule has 0 spiro atoms. The molecule has 1 N–H and O–H groups in total. The fourth-order valence-corrected chi connectivity index (χ4v) is 2.74. The maximum Gasteiger partial charge on any atom is 0.136 e. The molecular formula is C18H26N2O. The van der Waals surface area contributed by atoms with E-state index in [1.807, 2.05) is 18.3 Å². The van der Waals surface area contributed by atoms with E-state index in [1.54, 1.807) is 0 Å². The summed E-state index contributed by atoms with van der Waals surface area (Å²) in [6, 6.07) is 8.22. The molecule has 0 unspecified atom stereocenters. The van der Waals surface area contributed by atoms with Crippen LogP contribution in [0, 0.1) is 11.8 Å². The van der Waals surface area contributed by atoms with E-state index in [4.69, 9.17) is 0 Å². The van der Waals surface area contributed by atoms with Gasteiger partial charge in [-0.3, -0.25) is 0 Å².